The first-order valence-electron chi connectivity index (χ1n) is 8.28. The Hall–Kier alpha value is -2.53. The van der Waals surface area contributed by atoms with Gasteiger partial charge in [-0.25, -0.2) is 0 Å². The highest BCUT2D eigenvalue weighted by Gasteiger charge is 2.31. The first kappa shape index (κ1) is 16.0. The van der Waals surface area contributed by atoms with Crippen LogP contribution in [0.2, 0.25) is 0 Å². The molecule has 2 unspecified atom stereocenters. The Morgan fingerprint density at radius 3 is 2.60 bits per heavy atom. The molecule has 0 bridgehead atoms. The highest BCUT2D eigenvalue weighted by molar-refractivity contribution is 8.15. The van der Waals surface area contributed by atoms with E-state index in [9.17, 15) is 9.59 Å². The summed E-state index contributed by atoms with van der Waals surface area (Å²) in [5, 5.41) is 2.89. The fraction of sp³-hybridized carbons (Fsp3) is 0.200. The Morgan fingerprint density at radius 2 is 1.88 bits per heavy atom. The first-order chi connectivity index (χ1) is 12.1. The van der Waals surface area contributed by atoms with E-state index in [4.69, 9.17) is 0 Å². The maximum absolute atomic E-state index is 11.7. The number of aromatic nitrogens is 1. The number of fused-ring (bicyclic) bond motifs is 1. The van der Waals surface area contributed by atoms with Crippen LogP contribution in [-0.4, -0.2) is 21.4 Å². The van der Waals surface area contributed by atoms with E-state index in [1.807, 2.05) is 18.2 Å². The molecule has 25 heavy (non-hydrogen) atoms. The normalized spacial score (nSPS) is 18.5. The smallest absolute Gasteiger partial charge is 0.286 e. The highest BCUT2D eigenvalue weighted by Crippen LogP contribution is 2.29. The van der Waals surface area contributed by atoms with Gasteiger partial charge in [0.2, 0.25) is 5.91 Å². The SMILES string of the molecule is CC(c1ccccc1)c1cc2cc(CC3SC(=O)NC3=O)ccc2[nH]1. The van der Waals surface area contributed by atoms with Gasteiger partial charge in [-0.1, -0.05) is 55.1 Å². The summed E-state index contributed by atoms with van der Waals surface area (Å²) in [5.41, 5.74) is 4.59. The second kappa shape index (κ2) is 6.41. The quantitative estimate of drug-likeness (QED) is 0.741. The van der Waals surface area contributed by atoms with E-state index in [2.05, 4.69) is 53.6 Å². The maximum atomic E-state index is 11.7. The van der Waals surface area contributed by atoms with Gasteiger partial charge >= 0.3 is 0 Å². The average molecular weight is 350 g/mol. The molecular formula is C20H18N2O2S. The van der Waals surface area contributed by atoms with Crippen molar-refractivity contribution in [2.75, 3.05) is 0 Å². The van der Waals surface area contributed by atoms with Crippen LogP contribution in [0.4, 0.5) is 4.79 Å². The van der Waals surface area contributed by atoms with Gasteiger partial charge in [0.1, 0.15) is 0 Å². The minimum atomic E-state index is -0.327. The van der Waals surface area contributed by atoms with Crippen LogP contribution in [0.15, 0.2) is 54.6 Å². The summed E-state index contributed by atoms with van der Waals surface area (Å²) in [4.78, 5) is 26.5. The number of aromatic amines is 1. The van der Waals surface area contributed by atoms with Crippen molar-refractivity contribution < 1.29 is 9.59 Å². The van der Waals surface area contributed by atoms with Gasteiger partial charge in [0, 0.05) is 17.1 Å². The van der Waals surface area contributed by atoms with E-state index < -0.39 is 0 Å². The summed E-state index contributed by atoms with van der Waals surface area (Å²) in [6.45, 7) is 2.19. The Balaban J connectivity index is 1.59. The number of H-pyrrole nitrogens is 1. The van der Waals surface area contributed by atoms with Gasteiger partial charge in [0.15, 0.2) is 0 Å². The van der Waals surface area contributed by atoms with Gasteiger partial charge < -0.3 is 4.98 Å². The number of nitrogens with one attached hydrogen (secondary N) is 2. The molecule has 1 aliphatic rings. The van der Waals surface area contributed by atoms with Crippen LogP contribution in [0.5, 0.6) is 0 Å². The summed E-state index contributed by atoms with van der Waals surface area (Å²) < 4.78 is 0. The molecule has 2 amide bonds. The molecule has 2 N–H and O–H groups in total. The van der Waals surface area contributed by atoms with Crippen LogP contribution in [0.25, 0.3) is 10.9 Å². The van der Waals surface area contributed by atoms with E-state index >= 15 is 0 Å². The lowest BCUT2D eigenvalue weighted by Crippen LogP contribution is -2.25. The van der Waals surface area contributed by atoms with E-state index in [0.29, 0.717) is 6.42 Å². The molecule has 4 rings (SSSR count). The Labute approximate surface area is 150 Å². The summed E-state index contributed by atoms with van der Waals surface area (Å²) >= 11 is 1.07. The van der Waals surface area contributed by atoms with Gasteiger partial charge in [-0.3, -0.25) is 14.9 Å². The summed E-state index contributed by atoms with van der Waals surface area (Å²) in [7, 11) is 0. The molecule has 126 valence electrons. The van der Waals surface area contributed by atoms with Crippen molar-refractivity contribution >= 4 is 33.8 Å². The zero-order valence-electron chi connectivity index (χ0n) is 13.8. The zero-order chi connectivity index (χ0) is 17.4. The predicted molar refractivity (Wildman–Crippen MR) is 101 cm³/mol. The Kier molecular flexibility index (Phi) is 4.09. The monoisotopic (exact) mass is 350 g/mol. The molecule has 3 aromatic rings. The largest absolute Gasteiger partial charge is 0.358 e. The number of carbonyl (C=O) groups excluding carboxylic acids is 2. The van der Waals surface area contributed by atoms with Crippen molar-refractivity contribution in [3.05, 3.63) is 71.4 Å². The average Bonchev–Trinajstić information content (AvgIpc) is 3.17. The molecular weight excluding hydrogens is 332 g/mol. The minimum absolute atomic E-state index is 0.192. The van der Waals surface area contributed by atoms with Crippen LogP contribution >= 0.6 is 11.8 Å². The molecule has 0 radical (unpaired) electrons. The predicted octanol–water partition coefficient (Wildman–Crippen LogP) is 4.21. The highest BCUT2D eigenvalue weighted by atomic mass is 32.2. The molecule has 4 nitrogen and oxygen atoms in total. The van der Waals surface area contributed by atoms with Crippen molar-refractivity contribution in [2.45, 2.75) is 24.5 Å². The maximum Gasteiger partial charge on any atom is 0.286 e. The Bertz CT molecular complexity index is 949. The molecule has 0 spiro atoms. The van der Waals surface area contributed by atoms with Crippen LogP contribution in [0, 0.1) is 0 Å². The van der Waals surface area contributed by atoms with Crippen molar-refractivity contribution in [2.24, 2.45) is 0 Å². The van der Waals surface area contributed by atoms with Crippen molar-refractivity contribution in [1.29, 1.82) is 0 Å². The third kappa shape index (κ3) is 3.20. The number of hydrogen-bond donors (Lipinski definition) is 2. The molecule has 1 aromatic heterocycles. The molecule has 5 heteroatoms. The third-order valence-corrected chi connectivity index (χ3v) is 5.64. The van der Waals surface area contributed by atoms with Crippen LogP contribution in [0.1, 0.15) is 29.7 Å². The van der Waals surface area contributed by atoms with Crippen LogP contribution in [-0.2, 0) is 11.2 Å². The lowest BCUT2D eigenvalue weighted by molar-refractivity contribution is -0.118. The molecule has 0 aliphatic carbocycles. The van der Waals surface area contributed by atoms with Gasteiger partial charge in [0.05, 0.1) is 5.25 Å². The van der Waals surface area contributed by atoms with Gasteiger partial charge in [-0.05, 0) is 41.1 Å². The summed E-state index contributed by atoms with van der Waals surface area (Å²) in [5.74, 6) is 0.0911. The number of amides is 2. The molecule has 2 heterocycles. The van der Waals surface area contributed by atoms with Crippen molar-refractivity contribution in [3.8, 4) is 0 Å². The molecule has 2 atom stereocenters. The van der Waals surface area contributed by atoms with Crippen molar-refractivity contribution in [3.63, 3.8) is 0 Å². The third-order valence-electron chi connectivity index (χ3n) is 4.66. The van der Waals surface area contributed by atoms with Crippen LogP contribution in [0.3, 0.4) is 0 Å². The molecule has 1 saturated heterocycles. The topological polar surface area (TPSA) is 62.0 Å². The van der Waals surface area contributed by atoms with Gasteiger partial charge in [-0.2, -0.15) is 0 Å². The van der Waals surface area contributed by atoms with Crippen LogP contribution < -0.4 is 5.32 Å². The van der Waals surface area contributed by atoms with E-state index in [-0.39, 0.29) is 22.3 Å². The number of carbonyl (C=O) groups is 2. The number of benzene rings is 2. The summed E-state index contributed by atoms with van der Waals surface area (Å²) in [6.07, 6.45) is 0.562. The molecule has 1 aliphatic heterocycles. The van der Waals surface area contributed by atoms with E-state index in [0.717, 1.165) is 28.2 Å². The Morgan fingerprint density at radius 1 is 1.08 bits per heavy atom. The summed E-state index contributed by atoms with van der Waals surface area (Å²) in [6, 6.07) is 18.7. The molecule has 1 fully saturated rings. The fourth-order valence-electron chi connectivity index (χ4n) is 3.23. The number of imide groups is 1. The second-order valence-electron chi connectivity index (χ2n) is 6.37. The van der Waals surface area contributed by atoms with E-state index in [1.54, 1.807) is 0 Å². The zero-order valence-corrected chi connectivity index (χ0v) is 14.6. The fourth-order valence-corrected chi connectivity index (χ4v) is 4.09. The first-order valence-corrected chi connectivity index (χ1v) is 9.16. The second-order valence-corrected chi connectivity index (χ2v) is 7.54. The standard InChI is InChI=1S/C20H18N2O2S/c1-12(14-5-3-2-4-6-14)17-11-15-9-13(7-8-16(15)21-17)10-18-19(23)22-20(24)25-18/h2-9,11-12,18,21H,10H2,1H3,(H,22,23,24). The molecule has 2 aromatic carbocycles. The lowest BCUT2D eigenvalue weighted by atomic mass is 9.98. The van der Waals surface area contributed by atoms with Gasteiger partial charge in [-0.15, -0.1) is 0 Å². The number of rotatable bonds is 4. The lowest BCUT2D eigenvalue weighted by Gasteiger charge is -2.09. The number of thioether (sulfide) groups is 1. The van der Waals surface area contributed by atoms with Crippen molar-refractivity contribution in [1.82, 2.24) is 10.3 Å². The minimum Gasteiger partial charge on any atom is -0.358 e. The van der Waals surface area contributed by atoms with E-state index in [1.165, 1.54) is 11.3 Å². The molecule has 0 saturated carbocycles. The number of hydrogen-bond acceptors (Lipinski definition) is 3. The van der Waals surface area contributed by atoms with Gasteiger partial charge in [0.25, 0.3) is 5.24 Å².